The number of nitriles is 1. The van der Waals surface area contributed by atoms with Crippen LogP contribution in [0.2, 0.25) is 0 Å². The van der Waals surface area contributed by atoms with E-state index in [-0.39, 0.29) is 0 Å². The quantitative estimate of drug-likeness (QED) is 0.484. The van der Waals surface area contributed by atoms with Crippen LogP contribution in [0.1, 0.15) is 12.0 Å². The predicted octanol–water partition coefficient (Wildman–Crippen LogP) is 3.57. The molecule has 0 spiro atoms. The molecule has 1 aliphatic heterocycles. The van der Waals surface area contributed by atoms with Gasteiger partial charge in [-0.25, -0.2) is 4.85 Å². The van der Waals surface area contributed by atoms with Crippen molar-refractivity contribution in [2.24, 2.45) is 0 Å². The van der Waals surface area contributed by atoms with Crippen LogP contribution in [0.4, 0.5) is 5.69 Å². The Morgan fingerprint density at radius 1 is 0.828 bits per heavy atom. The summed E-state index contributed by atoms with van der Waals surface area (Å²) < 4.78 is 11.5. The van der Waals surface area contributed by atoms with Gasteiger partial charge in [0.25, 0.3) is 0 Å². The minimum Gasteiger partial charge on any atom is -0.494 e. The molecule has 0 atom stereocenters. The van der Waals surface area contributed by atoms with Crippen LogP contribution in [-0.4, -0.2) is 62.3 Å². The second-order valence-electron chi connectivity index (χ2n) is 6.98. The Balaban J connectivity index is 1.25. The molecule has 0 N–H and O–H groups in total. The average molecular weight is 390 g/mol. The van der Waals surface area contributed by atoms with E-state index in [4.69, 9.17) is 21.3 Å². The minimum absolute atomic E-state index is 0.637. The molecule has 150 valence electrons. The second-order valence-corrected chi connectivity index (χ2v) is 6.98. The van der Waals surface area contributed by atoms with E-state index in [1.165, 1.54) is 0 Å². The molecule has 0 unspecified atom stereocenters. The molecule has 0 amide bonds. The molecule has 2 aromatic carbocycles. The lowest BCUT2D eigenvalue weighted by Crippen LogP contribution is -2.47. The second kappa shape index (κ2) is 11.1. The van der Waals surface area contributed by atoms with Crippen LogP contribution in [0.15, 0.2) is 48.5 Å². The fourth-order valence-electron chi connectivity index (χ4n) is 3.25. The monoisotopic (exact) mass is 390 g/mol. The summed E-state index contributed by atoms with van der Waals surface area (Å²) in [7, 11) is 0. The van der Waals surface area contributed by atoms with Gasteiger partial charge in [-0.1, -0.05) is 12.1 Å². The normalized spacial score (nSPS) is 14.7. The first-order valence-electron chi connectivity index (χ1n) is 9.95. The molecule has 1 fully saturated rings. The lowest BCUT2D eigenvalue weighted by molar-refractivity contribution is 0.112. The molecular weight excluding hydrogens is 364 g/mol. The molecule has 6 heteroatoms. The van der Waals surface area contributed by atoms with E-state index in [1.54, 1.807) is 24.3 Å². The highest BCUT2D eigenvalue weighted by atomic mass is 16.5. The number of hydrogen-bond acceptors (Lipinski definition) is 5. The van der Waals surface area contributed by atoms with Gasteiger partial charge in [-0.3, -0.25) is 4.90 Å². The summed E-state index contributed by atoms with van der Waals surface area (Å²) in [6.07, 6.45) is 0.992. The third kappa shape index (κ3) is 6.80. The Hall–Kier alpha value is -3.06. The molecule has 6 nitrogen and oxygen atoms in total. The largest absolute Gasteiger partial charge is 0.494 e. The zero-order valence-electron chi connectivity index (χ0n) is 16.6. The number of benzene rings is 2. The third-order valence-corrected chi connectivity index (χ3v) is 4.98. The topological polar surface area (TPSA) is 53.1 Å². The Labute approximate surface area is 172 Å². The van der Waals surface area contributed by atoms with Gasteiger partial charge in [0.2, 0.25) is 0 Å². The van der Waals surface area contributed by atoms with Crippen LogP contribution in [-0.2, 0) is 0 Å². The van der Waals surface area contributed by atoms with Gasteiger partial charge in [0.15, 0.2) is 5.69 Å². The molecule has 0 bridgehead atoms. The van der Waals surface area contributed by atoms with Crippen LogP contribution in [0.5, 0.6) is 11.5 Å². The first-order chi connectivity index (χ1) is 14.3. The third-order valence-electron chi connectivity index (χ3n) is 4.98. The predicted molar refractivity (Wildman–Crippen MR) is 112 cm³/mol. The highest BCUT2D eigenvalue weighted by Crippen LogP contribution is 2.18. The number of rotatable bonds is 9. The Kier molecular flexibility index (Phi) is 7.89. The van der Waals surface area contributed by atoms with Crippen molar-refractivity contribution in [1.29, 1.82) is 5.26 Å². The maximum absolute atomic E-state index is 8.82. The van der Waals surface area contributed by atoms with Crippen molar-refractivity contribution in [3.05, 3.63) is 65.5 Å². The van der Waals surface area contributed by atoms with Crippen molar-refractivity contribution in [2.75, 3.05) is 52.5 Å². The summed E-state index contributed by atoms with van der Waals surface area (Å²) in [6, 6.07) is 16.6. The summed E-state index contributed by atoms with van der Waals surface area (Å²) in [5.41, 5.74) is 1.29. The fraction of sp³-hybridized carbons (Fsp3) is 0.391. The summed E-state index contributed by atoms with van der Waals surface area (Å²) in [5.74, 6) is 1.64. The minimum atomic E-state index is 0.637. The van der Waals surface area contributed by atoms with Crippen molar-refractivity contribution in [2.45, 2.75) is 6.42 Å². The Bertz CT molecular complexity index is 829. The summed E-state index contributed by atoms with van der Waals surface area (Å²) in [6.45, 7) is 14.5. The summed E-state index contributed by atoms with van der Waals surface area (Å²) in [5, 5.41) is 8.82. The highest BCUT2D eigenvalue weighted by molar-refractivity contribution is 5.46. The standard InChI is InChI=1S/C23H26N4O2/c1-25-21-5-9-23(10-6-21)28-17-2-11-26-12-14-27(15-13-26)16-18-29-22-7-3-20(19-24)4-8-22/h3-10H,2,11-18H2. The molecule has 0 aliphatic carbocycles. The molecule has 0 aromatic heterocycles. The van der Waals surface area contributed by atoms with Gasteiger partial charge in [0.1, 0.15) is 18.1 Å². The van der Waals surface area contributed by atoms with E-state index in [1.807, 2.05) is 24.3 Å². The van der Waals surface area contributed by atoms with E-state index < -0.39 is 0 Å². The van der Waals surface area contributed by atoms with Gasteiger partial charge in [-0.2, -0.15) is 5.26 Å². The van der Waals surface area contributed by atoms with Crippen LogP contribution >= 0.6 is 0 Å². The summed E-state index contributed by atoms with van der Waals surface area (Å²) >= 11 is 0. The molecule has 1 heterocycles. The number of hydrogen-bond donors (Lipinski definition) is 0. The van der Waals surface area contributed by atoms with E-state index in [2.05, 4.69) is 20.7 Å². The fourth-order valence-corrected chi connectivity index (χ4v) is 3.25. The molecular formula is C23H26N4O2. The van der Waals surface area contributed by atoms with Crippen LogP contribution in [0.25, 0.3) is 4.85 Å². The number of ether oxygens (including phenoxy) is 2. The van der Waals surface area contributed by atoms with E-state index in [0.29, 0.717) is 24.5 Å². The van der Waals surface area contributed by atoms with Crippen molar-refractivity contribution in [3.8, 4) is 17.6 Å². The van der Waals surface area contributed by atoms with Gasteiger partial charge in [-0.05, 0) is 42.8 Å². The van der Waals surface area contributed by atoms with Gasteiger partial charge in [-0.15, -0.1) is 0 Å². The van der Waals surface area contributed by atoms with Crippen LogP contribution in [0, 0.1) is 17.9 Å². The van der Waals surface area contributed by atoms with E-state index in [9.17, 15) is 0 Å². The molecule has 0 saturated carbocycles. The average Bonchev–Trinajstić information content (AvgIpc) is 2.78. The Morgan fingerprint density at radius 3 is 1.97 bits per heavy atom. The Morgan fingerprint density at radius 2 is 1.38 bits per heavy atom. The highest BCUT2D eigenvalue weighted by Gasteiger charge is 2.16. The lowest BCUT2D eigenvalue weighted by atomic mass is 10.2. The first-order valence-corrected chi connectivity index (χ1v) is 9.95. The molecule has 0 radical (unpaired) electrons. The van der Waals surface area contributed by atoms with Crippen LogP contribution in [0.3, 0.4) is 0 Å². The van der Waals surface area contributed by atoms with Crippen molar-refractivity contribution < 1.29 is 9.47 Å². The maximum atomic E-state index is 8.82. The van der Waals surface area contributed by atoms with Crippen LogP contribution < -0.4 is 9.47 Å². The van der Waals surface area contributed by atoms with Crippen molar-refractivity contribution in [3.63, 3.8) is 0 Å². The van der Waals surface area contributed by atoms with E-state index >= 15 is 0 Å². The zero-order valence-corrected chi connectivity index (χ0v) is 16.6. The molecule has 3 rings (SSSR count). The van der Waals surface area contributed by atoms with E-state index in [0.717, 1.165) is 57.2 Å². The number of nitrogens with zero attached hydrogens (tertiary/aromatic N) is 4. The van der Waals surface area contributed by atoms with Gasteiger partial charge in [0.05, 0.1) is 24.8 Å². The number of piperazine rings is 1. The van der Waals surface area contributed by atoms with Crippen molar-refractivity contribution in [1.82, 2.24) is 9.80 Å². The maximum Gasteiger partial charge on any atom is 0.187 e. The SMILES string of the molecule is [C-]#[N+]c1ccc(OCCCN2CCN(CCOc3ccc(C#N)cc3)CC2)cc1. The van der Waals surface area contributed by atoms with Crippen molar-refractivity contribution >= 4 is 5.69 Å². The molecule has 1 aliphatic rings. The molecule has 2 aromatic rings. The van der Waals surface area contributed by atoms with Gasteiger partial charge in [0, 0.05) is 39.3 Å². The van der Waals surface area contributed by atoms with Gasteiger partial charge >= 0.3 is 0 Å². The summed E-state index contributed by atoms with van der Waals surface area (Å²) in [4.78, 5) is 8.28. The lowest BCUT2D eigenvalue weighted by Gasteiger charge is -2.34. The molecule has 1 saturated heterocycles. The first kappa shape index (κ1) is 20.7. The zero-order chi connectivity index (χ0) is 20.3. The smallest absolute Gasteiger partial charge is 0.187 e. The van der Waals surface area contributed by atoms with Gasteiger partial charge < -0.3 is 14.4 Å². The molecule has 29 heavy (non-hydrogen) atoms.